The third kappa shape index (κ3) is 1.89. The van der Waals surface area contributed by atoms with E-state index in [1.165, 1.54) is 32.1 Å². The lowest BCUT2D eigenvalue weighted by molar-refractivity contribution is 0.0406. The van der Waals surface area contributed by atoms with Crippen LogP contribution in [0.3, 0.4) is 0 Å². The third-order valence-electron chi connectivity index (χ3n) is 5.86. The fraction of sp³-hybridized carbons (Fsp3) is 0.667. The minimum Gasteiger partial charge on any atom is -0.497 e. The third-order valence-corrected chi connectivity index (χ3v) is 5.86. The second-order valence-electron chi connectivity index (χ2n) is 7.37. The molecule has 1 aromatic rings. The van der Waals surface area contributed by atoms with Gasteiger partial charge in [0.1, 0.15) is 5.75 Å². The van der Waals surface area contributed by atoms with Crippen LogP contribution in [0.25, 0.3) is 0 Å². The molecule has 0 N–H and O–H groups in total. The summed E-state index contributed by atoms with van der Waals surface area (Å²) in [6, 6.07) is 6.72. The van der Waals surface area contributed by atoms with Gasteiger partial charge in [0.25, 0.3) is 0 Å². The maximum atomic E-state index is 5.46. The van der Waals surface area contributed by atoms with Crippen molar-refractivity contribution in [3.8, 4) is 5.75 Å². The zero-order chi connectivity index (χ0) is 13.7. The molecule has 2 aliphatic carbocycles. The van der Waals surface area contributed by atoms with Gasteiger partial charge in [-0.15, -0.1) is 0 Å². The average molecular weight is 258 g/mol. The van der Waals surface area contributed by atoms with Gasteiger partial charge in [-0.05, 0) is 65.7 Å². The highest BCUT2D eigenvalue weighted by Crippen LogP contribution is 2.57. The highest BCUT2D eigenvalue weighted by Gasteiger charge is 2.49. The van der Waals surface area contributed by atoms with E-state index in [1.807, 2.05) is 0 Å². The molecule has 0 bridgehead atoms. The molecule has 0 saturated heterocycles. The fourth-order valence-corrected chi connectivity index (χ4v) is 4.89. The molecule has 19 heavy (non-hydrogen) atoms. The number of aryl methyl sites for hydroxylation is 1. The first kappa shape index (κ1) is 13.0. The molecule has 1 heteroatoms. The number of hydrogen-bond donors (Lipinski definition) is 0. The number of methoxy groups -OCH3 is 1. The summed E-state index contributed by atoms with van der Waals surface area (Å²) in [5, 5.41) is 0. The molecule has 0 radical (unpaired) electrons. The van der Waals surface area contributed by atoms with Gasteiger partial charge in [-0.25, -0.2) is 0 Å². The van der Waals surface area contributed by atoms with Gasteiger partial charge in [0.15, 0.2) is 0 Å². The Morgan fingerprint density at radius 1 is 1.16 bits per heavy atom. The second-order valence-corrected chi connectivity index (χ2v) is 7.37. The Kier molecular flexibility index (Phi) is 2.92. The molecule has 0 heterocycles. The SMILES string of the molecule is COc1ccc2c(c1)[C@]1(C)CCCC(C)(C)[C@@H]1CC2. The van der Waals surface area contributed by atoms with E-state index in [2.05, 4.69) is 39.0 Å². The van der Waals surface area contributed by atoms with Crippen LogP contribution in [0.1, 0.15) is 57.6 Å². The van der Waals surface area contributed by atoms with Crippen LogP contribution in [0.5, 0.6) is 5.75 Å². The van der Waals surface area contributed by atoms with Crippen molar-refractivity contribution < 1.29 is 4.74 Å². The highest BCUT2D eigenvalue weighted by atomic mass is 16.5. The molecule has 0 aliphatic heterocycles. The van der Waals surface area contributed by atoms with E-state index in [1.54, 1.807) is 18.2 Å². The van der Waals surface area contributed by atoms with Crippen LogP contribution in [0.4, 0.5) is 0 Å². The van der Waals surface area contributed by atoms with E-state index in [4.69, 9.17) is 4.74 Å². The molecule has 1 fully saturated rings. The molecular formula is C18H26O. The lowest BCUT2D eigenvalue weighted by atomic mass is 9.50. The monoisotopic (exact) mass is 258 g/mol. The Hall–Kier alpha value is -0.980. The summed E-state index contributed by atoms with van der Waals surface area (Å²) in [6.45, 7) is 7.44. The number of benzene rings is 1. The summed E-state index contributed by atoms with van der Waals surface area (Å²) in [4.78, 5) is 0. The molecule has 0 unspecified atom stereocenters. The van der Waals surface area contributed by atoms with Gasteiger partial charge in [0, 0.05) is 0 Å². The lowest BCUT2D eigenvalue weighted by Crippen LogP contribution is -2.47. The standard InChI is InChI=1S/C18H26O/c1-17(2)10-5-11-18(3)15-12-14(19-4)8-6-13(15)7-9-16(17)18/h6,8,12,16H,5,7,9-11H2,1-4H3/t16-,18-/m0/s1. The number of ether oxygens (including phenoxy) is 1. The van der Waals surface area contributed by atoms with Gasteiger partial charge < -0.3 is 4.74 Å². The van der Waals surface area contributed by atoms with Crippen molar-refractivity contribution >= 4 is 0 Å². The summed E-state index contributed by atoms with van der Waals surface area (Å²) in [5.74, 6) is 1.83. The topological polar surface area (TPSA) is 9.23 Å². The molecule has 1 nitrogen and oxygen atoms in total. The Balaban J connectivity index is 2.11. The number of rotatable bonds is 1. The molecule has 0 aromatic heterocycles. The average Bonchev–Trinajstić information content (AvgIpc) is 2.37. The smallest absolute Gasteiger partial charge is 0.119 e. The van der Waals surface area contributed by atoms with Crippen LogP contribution in [0, 0.1) is 11.3 Å². The zero-order valence-corrected chi connectivity index (χ0v) is 12.8. The van der Waals surface area contributed by atoms with Crippen molar-refractivity contribution in [2.45, 2.75) is 58.3 Å². The lowest BCUT2D eigenvalue weighted by Gasteiger charge is -2.54. The largest absolute Gasteiger partial charge is 0.497 e. The Labute approximate surface area is 117 Å². The minimum absolute atomic E-state index is 0.351. The summed E-state index contributed by atoms with van der Waals surface area (Å²) < 4.78 is 5.46. The maximum absolute atomic E-state index is 5.46. The summed E-state index contributed by atoms with van der Waals surface area (Å²) in [5.41, 5.74) is 3.95. The first-order chi connectivity index (χ1) is 8.97. The first-order valence-corrected chi connectivity index (χ1v) is 7.65. The molecule has 0 spiro atoms. The van der Waals surface area contributed by atoms with Gasteiger partial charge in [-0.2, -0.15) is 0 Å². The van der Waals surface area contributed by atoms with E-state index in [9.17, 15) is 0 Å². The van der Waals surface area contributed by atoms with Crippen molar-refractivity contribution in [3.63, 3.8) is 0 Å². The van der Waals surface area contributed by atoms with Gasteiger partial charge in [-0.1, -0.05) is 33.3 Å². The van der Waals surface area contributed by atoms with Gasteiger partial charge in [0.2, 0.25) is 0 Å². The minimum atomic E-state index is 0.351. The van der Waals surface area contributed by atoms with E-state index in [0.717, 1.165) is 11.7 Å². The Bertz CT molecular complexity index is 488. The molecule has 1 aromatic carbocycles. The molecule has 2 atom stereocenters. The highest BCUT2D eigenvalue weighted by molar-refractivity contribution is 5.43. The number of fused-ring (bicyclic) bond motifs is 3. The van der Waals surface area contributed by atoms with Crippen LogP contribution in [-0.2, 0) is 11.8 Å². The van der Waals surface area contributed by atoms with Crippen LogP contribution >= 0.6 is 0 Å². The van der Waals surface area contributed by atoms with Crippen LogP contribution < -0.4 is 4.74 Å². The van der Waals surface area contributed by atoms with E-state index >= 15 is 0 Å². The van der Waals surface area contributed by atoms with Crippen molar-refractivity contribution in [1.82, 2.24) is 0 Å². The Morgan fingerprint density at radius 3 is 2.68 bits per heavy atom. The molecule has 2 aliphatic rings. The molecule has 1 saturated carbocycles. The molecule has 3 rings (SSSR count). The van der Waals surface area contributed by atoms with Crippen LogP contribution in [0.2, 0.25) is 0 Å². The fourth-order valence-electron chi connectivity index (χ4n) is 4.89. The van der Waals surface area contributed by atoms with E-state index < -0.39 is 0 Å². The van der Waals surface area contributed by atoms with Crippen molar-refractivity contribution in [2.24, 2.45) is 11.3 Å². The quantitative estimate of drug-likeness (QED) is 0.708. The van der Waals surface area contributed by atoms with Crippen molar-refractivity contribution in [1.29, 1.82) is 0 Å². The Morgan fingerprint density at radius 2 is 1.95 bits per heavy atom. The normalized spacial score (nSPS) is 32.3. The van der Waals surface area contributed by atoms with Crippen LogP contribution in [0.15, 0.2) is 18.2 Å². The zero-order valence-electron chi connectivity index (χ0n) is 12.8. The molecule has 104 valence electrons. The van der Waals surface area contributed by atoms with Crippen molar-refractivity contribution in [2.75, 3.05) is 7.11 Å². The summed E-state index contributed by atoms with van der Waals surface area (Å²) in [7, 11) is 1.77. The second kappa shape index (κ2) is 4.26. The van der Waals surface area contributed by atoms with Crippen molar-refractivity contribution in [3.05, 3.63) is 29.3 Å². The van der Waals surface area contributed by atoms with E-state index in [0.29, 0.717) is 10.8 Å². The summed E-state index contributed by atoms with van der Waals surface area (Å²) >= 11 is 0. The van der Waals surface area contributed by atoms with Gasteiger partial charge in [-0.3, -0.25) is 0 Å². The van der Waals surface area contributed by atoms with Gasteiger partial charge >= 0.3 is 0 Å². The van der Waals surface area contributed by atoms with Crippen LogP contribution in [-0.4, -0.2) is 7.11 Å². The van der Waals surface area contributed by atoms with Gasteiger partial charge in [0.05, 0.1) is 7.11 Å². The maximum Gasteiger partial charge on any atom is 0.119 e. The number of hydrogen-bond acceptors (Lipinski definition) is 1. The molecular weight excluding hydrogens is 232 g/mol. The molecule has 0 amide bonds. The van der Waals surface area contributed by atoms with E-state index in [-0.39, 0.29) is 0 Å². The predicted molar refractivity (Wildman–Crippen MR) is 79.8 cm³/mol. The first-order valence-electron chi connectivity index (χ1n) is 7.65. The predicted octanol–water partition coefficient (Wildman–Crippen LogP) is 4.73. The summed E-state index contributed by atoms with van der Waals surface area (Å²) in [6.07, 6.45) is 6.66.